The quantitative estimate of drug-likeness (QED) is 0.483. The molecule has 2 unspecified atom stereocenters. The second-order valence-electron chi connectivity index (χ2n) is 4.93. The van der Waals surface area contributed by atoms with E-state index < -0.39 is 36.2 Å². The number of carbonyl (C=O) groups is 1. The highest BCUT2D eigenvalue weighted by atomic mass is 32.2. The van der Waals surface area contributed by atoms with Crippen molar-refractivity contribution in [3.05, 3.63) is 0 Å². The number of aliphatic carboxylic acids is 1. The van der Waals surface area contributed by atoms with Gasteiger partial charge in [-0.25, -0.2) is 22.0 Å². The highest BCUT2D eigenvalue weighted by Crippen LogP contribution is 2.32. The zero-order valence-corrected chi connectivity index (χ0v) is 12.1. The van der Waals surface area contributed by atoms with E-state index in [1.54, 1.807) is 0 Å². The van der Waals surface area contributed by atoms with Crippen molar-refractivity contribution in [2.45, 2.75) is 56.9 Å². The molecule has 2 atom stereocenters. The number of thioether (sulfide) groups is 1. The third-order valence-electron chi connectivity index (χ3n) is 2.56. The molecule has 0 aromatic carbocycles. The van der Waals surface area contributed by atoms with E-state index >= 15 is 0 Å². The summed E-state index contributed by atoms with van der Waals surface area (Å²) in [7, 11) is 0. The molecule has 20 heavy (non-hydrogen) atoms. The summed E-state index contributed by atoms with van der Waals surface area (Å²) >= 11 is 0.976. The van der Waals surface area contributed by atoms with E-state index in [1.165, 1.54) is 0 Å². The largest absolute Gasteiger partial charge is 0.480 e. The lowest BCUT2D eigenvalue weighted by atomic mass is 10.1. The smallest absolute Gasteiger partial charge is 0.316 e. The van der Waals surface area contributed by atoms with E-state index in [1.807, 2.05) is 13.8 Å². The van der Waals surface area contributed by atoms with Crippen LogP contribution in [0.3, 0.4) is 0 Å². The number of carboxylic acid groups (broad SMARTS) is 1. The SMILES string of the molecule is CC(C)CC(SCCCC(F)(F)C(F)C(F)F)C(=O)O. The van der Waals surface area contributed by atoms with Crippen LogP contribution in [0.4, 0.5) is 22.0 Å². The normalized spacial score (nSPS) is 15.7. The summed E-state index contributed by atoms with van der Waals surface area (Å²) in [4.78, 5) is 10.9. The van der Waals surface area contributed by atoms with Crippen molar-refractivity contribution in [3.8, 4) is 0 Å². The van der Waals surface area contributed by atoms with Gasteiger partial charge in [-0.3, -0.25) is 4.79 Å². The zero-order valence-electron chi connectivity index (χ0n) is 11.3. The predicted octanol–water partition coefficient (Wildman–Crippen LogP) is 4.24. The number of halogens is 5. The molecule has 0 aromatic heterocycles. The van der Waals surface area contributed by atoms with Crippen LogP contribution in [-0.2, 0) is 4.79 Å². The minimum atomic E-state index is -4.08. The summed E-state index contributed by atoms with van der Waals surface area (Å²) in [5.74, 6) is -4.91. The van der Waals surface area contributed by atoms with E-state index in [4.69, 9.17) is 5.11 Å². The molecule has 0 aliphatic carbocycles. The van der Waals surface area contributed by atoms with E-state index in [0.717, 1.165) is 11.8 Å². The van der Waals surface area contributed by atoms with Crippen LogP contribution in [0.5, 0.6) is 0 Å². The van der Waals surface area contributed by atoms with Crippen molar-refractivity contribution in [1.82, 2.24) is 0 Å². The van der Waals surface area contributed by atoms with Gasteiger partial charge in [0.05, 0.1) is 0 Å². The molecule has 0 aliphatic rings. The highest BCUT2D eigenvalue weighted by Gasteiger charge is 2.45. The lowest BCUT2D eigenvalue weighted by Gasteiger charge is -2.20. The molecule has 0 saturated heterocycles. The Bertz CT molecular complexity index is 300. The molecule has 0 rings (SSSR count). The first kappa shape index (κ1) is 19.5. The molecule has 0 saturated carbocycles. The van der Waals surface area contributed by atoms with Crippen LogP contribution < -0.4 is 0 Å². The van der Waals surface area contributed by atoms with Gasteiger partial charge in [0.15, 0.2) is 0 Å². The summed E-state index contributed by atoms with van der Waals surface area (Å²) in [5, 5.41) is 8.19. The van der Waals surface area contributed by atoms with Gasteiger partial charge in [0.1, 0.15) is 5.25 Å². The number of alkyl halides is 5. The molecular weight excluding hydrogens is 303 g/mol. The van der Waals surface area contributed by atoms with Gasteiger partial charge in [-0.15, -0.1) is 11.8 Å². The van der Waals surface area contributed by atoms with Crippen molar-refractivity contribution in [2.75, 3.05) is 5.75 Å². The number of hydrogen-bond acceptors (Lipinski definition) is 2. The lowest BCUT2D eigenvalue weighted by molar-refractivity contribution is -0.136. The Labute approximate surface area is 119 Å². The van der Waals surface area contributed by atoms with Gasteiger partial charge in [0.2, 0.25) is 6.17 Å². The number of carboxylic acids is 1. The van der Waals surface area contributed by atoms with E-state index in [2.05, 4.69) is 0 Å². The Kier molecular flexibility index (Phi) is 8.46. The predicted molar refractivity (Wildman–Crippen MR) is 68.4 cm³/mol. The van der Waals surface area contributed by atoms with Gasteiger partial charge in [-0.1, -0.05) is 13.8 Å². The number of rotatable bonds is 10. The average Bonchev–Trinajstić information content (AvgIpc) is 2.31. The van der Waals surface area contributed by atoms with E-state index in [9.17, 15) is 26.7 Å². The van der Waals surface area contributed by atoms with Crippen LogP contribution in [-0.4, -0.2) is 40.6 Å². The molecule has 2 nitrogen and oxygen atoms in total. The fraction of sp³-hybridized carbons (Fsp3) is 0.917. The topological polar surface area (TPSA) is 37.3 Å². The molecule has 0 radical (unpaired) electrons. The zero-order chi connectivity index (χ0) is 15.9. The molecule has 0 aliphatic heterocycles. The molecule has 120 valence electrons. The second-order valence-corrected chi connectivity index (χ2v) is 6.24. The summed E-state index contributed by atoms with van der Waals surface area (Å²) < 4.78 is 62.3. The van der Waals surface area contributed by atoms with Gasteiger partial charge < -0.3 is 5.11 Å². The summed E-state index contributed by atoms with van der Waals surface area (Å²) in [5.41, 5.74) is 0. The van der Waals surface area contributed by atoms with Crippen LogP contribution in [0.25, 0.3) is 0 Å². The minimum Gasteiger partial charge on any atom is -0.480 e. The molecule has 0 fully saturated rings. The summed E-state index contributed by atoms with van der Waals surface area (Å²) in [6.45, 7) is 3.67. The Balaban J connectivity index is 4.14. The van der Waals surface area contributed by atoms with Gasteiger partial charge in [-0.05, 0) is 24.5 Å². The molecule has 1 N–H and O–H groups in total. The fourth-order valence-corrected chi connectivity index (χ4v) is 2.78. The minimum absolute atomic E-state index is 0.0647. The highest BCUT2D eigenvalue weighted by molar-refractivity contribution is 8.00. The molecule has 8 heteroatoms. The van der Waals surface area contributed by atoms with Crippen LogP contribution in [0, 0.1) is 5.92 Å². The summed E-state index contributed by atoms with van der Waals surface area (Å²) in [6, 6.07) is 0. The van der Waals surface area contributed by atoms with Gasteiger partial charge in [0, 0.05) is 6.42 Å². The van der Waals surface area contributed by atoms with Crippen molar-refractivity contribution >= 4 is 17.7 Å². The van der Waals surface area contributed by atoms with Crippen LogP contribution in [0.2, 0.25) is 0 Å². The number of hydrogen-bond donors (Lipinski definition) is 1. The monoisotopic (exact) mass is 322 g/mol. The first-order valence-corrected chi connectivity index (χ1v) is 7.27. The molecule has 0 amide bonds. The molecule has 0 bridgehead atoms. The Morgan fingerprint density at radius 3 is 2.20 bits per heavy atom. The maximum absolute atomic E-state index is 13.0. The van der Waals surface area contributed by atoms with E-state index in [0.29, 0.717) is 6.42 Å². The molecule has 0 heterocycles. The van der Waals surface area contributed by atoms with Crippen LogP contribution >= 0.6 is 11.8 Å². The molecule has 0 spiro atoms. The Hall–Kier alpha value is -0.530. The first-order valence-electron chi connectivity index (χ1n) is 6.22. The first-order chi connectivity index (χ1) is 9.08. The van der Waals surface area contributed by atoms with Gasteiger partial charge in [0.25, 0.3) is 12.3 Å². The Morgan fingerprint density at radius 1 is 1.25 bits per heavy atom. The van der Waals surface area contributed by atoms with Crippen molar-refractivity contribution in [1.29, 1.82) is 0 Å². The average molecular weight is 322 g/mol. The fourth-order valence-electron chi connectivity index (χ4n) is 1.52. The van der Waals surface area contributed by atoms with Crippen molar-refractivity contribution < 1.29 is 31.9 Å². The lowest BCUT2D eigenvalue weighted by Crippen LogP contribution is -2.35. The standard InChI is InChI=1S/C12H19F5O2S/c1-7(2)6-8(11(18)19)20-5-3-4-12(16,17)9(13)10(14)15/h7-10H,3-6H2,1-2H3,(H,18,19). The third-order valence-corrected chi connectivity index (χ3v) is 3.88. The van der Waals surface area contributed by atoms with Crippen LogP contribution in [0.1, 0.15) is 33.1 Å². The maximum atomic E-state index is 13.0. The molecular formula is C12H19F5O2S. The van der Waals surface area contributed by atoms with Crippen LogP contribution in [0.15, 0.2) is 0 Å². The van der Waals surface area contributed by atoms with Crippen molar-refractivity contribution in [2.24, 2.45) is 5.92 Å². The summed E-state index contributed by atoms with van der Waals surface area (Å²) in [6.07, 6.45) is -8.03. The van der Waals surface area contributed by atoms with Crippen molar-refractivity contribution in [3.63, 3.8) is 0 Å². The Morgan fingerprint density at radius 2 is 1.80 bits per heavy atom. The second kappa shape index (κ2) is 8.69. The molecule has 0 aromatic rings. The van der Waals surface area contributed by atoms with Gasteiger partial charge >= 0.3 is 5.97 Å². The maximum Gasteiger partial charge on any atom is 0.316 e. The van der Waals surface area contributed by atoms with E-state index in [-0.39, 0.29) is 18.1 Å². The van der Waals surface area contributed by atoms with Gasteiger partial charge in [-0.2, -0.15) is 0 Å². The third kappa shape index (κ3) is 7.31.